The number of ketones is 1. The molecule has 2 aliphatic heterocycles. The minimum Gasteiger partial charge on any atom is -0.507 e. The Balaban J connectivity index is 1.56. The molecule has 166 valence electrons. The quantitative estimate of drug-likeness (QED) is 0.370. The number of carbonyl (C=O) groups is 2. The highest BCUT2D eigenvalue weighted by Crippen LogP contribution is 2.41. The van der Waals surface area contributed by atoms with E-state index in [0.29, 0.717) is 48.8 Å². The Labute approximate surface area is 190 Å². The van der Waals surface area contributed by atoms with Crippen LogP contribution in [-0.2, 0) is 16.0 Å². The predicted octanol–water partition coefficient (Wildman–Crippen LogP) is 3.52. The molecule has 5 rings (SSSR count). The molecule has 1 atom stereocenters. The summed E-state index contributed by atoms with van der Waals surface area (Å²) >= 11 is 0. The Hall–Kier alpha value is -4.13. The van der Waals surface area contributed by atoms with Gasteiger partial charge in [-0.05, 0) is 47.9 Å². The molecule has 1 unspecified atom stereocenters. The minimum absolute atomic E-state index is 0.0518. The third-order valence-electron chi connectivity index (χ3n) is 5.86. The maximum absolute atomic E-state index is 13.1. The van der Waals surface area contributed by atoms with Crippen molar-refractivity contribution >= 4 is 17.4 Å². The molecule has 1 aromatic heterocycles. The number of aromatic nitrogens is 1. The summed E-state index contributed by atoms with van der Waals surface area (Å²) in [4.78, 5) is 31.8. The Kier molecular flexibility index (Phi) is 5.52. The zero-order valence-corrected chi connectivity index (χ0v) is 17.8. The third-order valence-corrected chi connectivity index (χ3v) is 5.86. The van der Waals surface area contributed by atoms with Crippen LogP contribution in [0.1, 0.15) is 22.7 Å². The monoisotopic (exact) mass is 442 g/mol. The average Bonchev–Trinajstić information content (AvgIpc) is 3.12. The van der Waals surface area contributed by atoms with Gasteiger partial charge in [-0.3, -0.25) is 14.6 Å². The van der Waals surface area contributed by atoms with E-state index in [1.165, 1.54) is 4.90 Å². The van der Waals surface area contributed by atoms with Crippen LogP contribution in [-0.4, -0.2) is 46.4 Å². The number of ether oxygens (including phenoxy) is 2. The molecule has 0 spiro atoms. The molecule has 1 saturated heterocycles. The van der Waals surface area contributed by atoms with E-state index >= 15 is 0 Å². The lowest BCUT2D eigenvalue weighted by molar-refractivity contribution is -0.139. The fourth-order valence-corrected chi connectivity index (χ4v) is 4.24. The van der Waals surface area contributed by atoms with Gasteiger partial charge in [0, 0.05) is 24.5 Å². The van der Waals surface area contributed by atoms with Crippen LogP contribution in [0.15, 0.2) is 78.6 Å². The van der Waals surface area contributed by atoms with E-state index in [1.807, 2.05) is 30.3 Å². The molecule has 33 heavy (non-hydrogen) atoms. The molecule has 2 aromatic carbocycles. The Morgan fingerprint density at radius 1 is 0.970 bits per heavy atom. The summed E-state index contributed by atoms with van der Waals surface area (Å²) in [6.45, 7) is 1.19. The summed E-state index contributed by atoms with van der Waals surface area (Å²) in [5.41, 5.74) is 2.20. The summed E-state index contributed by atoms with van der Waals surface area (Å²) in [6, 6.07) is 17.5. The van der Waals surface area contributed by atoms with E-state index in [2.05, 4.69) is 4.98 Å². The number of nitrogens with zero attached hydrogens (tertiary/aromatic N) is 2. The van der Waals surface area contributed by atoms with Crippen LogP contribution >= 0.6 is 0 Å². The lowest BCUT2D eigenvalue weighted by atomic mass is 9.95. The van der Waals surface area contributed by atoms with Gasteiger partial charge < -0.3 is 19.5 Å². The van der Waals surface area contributed by atoms with Gasteiger partial charge in [-0.1, -0.05) is 30.3 Å². The summed E-state index contributed by atoms with van der Waals surface area (Å²) in [5, 5.41) is 11.2. The van der Waals surface area contributed by atoms with Gasteiger partial charge in [0.2, 0.25) is 0 Å². The van der Waals surface area contributed by atoms with Gasteiger partial charge in [0.1, 0.15) is 19.0 Å². The topological polar surface area (TPSA) is 89.0 Å². The highest BCUT2D eigenvalue weighted by atomic mass is 16.6. The number of benzene rings is 2. The van der Waals surface area contributed by atoms with Crippen molar-refractivity contribution in [3.63, 3.8) is 0 Å². The molecule has 7 nitrogen and oxygen atoms in total. The number of hydrogen-bond acceptors (Lipinski definition) is 6. The first-order valence-corrected chi connectivity index (χ1v) is 10.8. The second kappa shape index (κ2) is 8.78. The standard InChI is InChI=1S/C26H22N2O5/c29-24(19-6-7-20-21(16-19)33-15-14-32-20)22-23(18-8-11-27-12-9-18)28(26(31)25(22)30)13-10-17-4-2-1-3-5-17/h1-9,11-12,16,23,29H,10,13-15H2/b24-22-. The molecule has 0 radical (unpaired) electrons. The number of pyridine rings is 1. The van der Waals surface area contributed by atoms with Gasteiger partial charge in [-0.15, -0.1) is 0 Å². The van der Waals surface area contributed by atoms with Crippen LogP contribution in [0, 0.1) is 0 Å². The number of aliphatic hydroxyl groups excluding tert-OH is 1. The van der Waals surface area contributed by atoms with Crippen molar-refractivity contribution in [2.75, 3.05) is 19.8 Å². The van der Waals surface area contributed by atoms with Crippen molar-refractivity contribution in [3.05, 3.63) is 95.3 Å². The van der Waals surface area contributed by atoms with Crippen molar-refractivity contribution in [1.29, 1.82) is 0 Å². The Morgan fingerprint density at radius 2 is 1.70 bits per heavy atom. The van der Waals surface area contributed by atoms with E-state index in [-0.39, 0.29) is 11.3 Å². The second-order valence-electron chi connectivity index (χ2n) is 7.87. The SMILES string of the molecule is O=C1C(=O)N(CCc2ccccc2)C(c2ccncc2)/C1=C(/O)c1ccc2c(c1)OCCO2. The first-order chi connectivity index (χ1) is 16.1. The van der Waals surface area contributed by atoms with Crippen LogP contribution in [0.2, 0.25) is 0 Å². The number of likely N-dealkylation sites (tertiary alicyclic amines) is 1. The molecule has 1 amide bonds. The maximum atomic E-state index is 13.1. The van der Waals surface area contributed by atoms with Crippen LogP contribution in [0.3, 0.4) is 0 Å². The number of rotatable bonds is 5. The Bertz CT molecular complexity index is 1220. The maximum Gasteiger partial charge on any atom is 0.295 e. The number of hydrogen-bond donors (Lipinski definition) is 1. The summed E-state index contributed by atoms with van der Waals surface area (Å²) < 4.78 is 11.2. The van der Waals surface area contributed by atoms with Crippen LogP contribution in [0.5, 0.6) is 11.5 Å². The molecule has 2 aliphatic rings. The van der Waals surface area contributed by atoms with E-state index < -0.39 is 17.7 Å². The van der Waals surface area contributed by atoms with Crippen LogP contribution in [0.4, 0.5) is 0 Å². The molecule has 0 saturated carbocycles. The molecule has 1 N–H and O–H groups in total. The van der Waals surface area contributed by atoms with Crippen molar-refractivity contribution < 1.29 is 24.2 Å². The number of amides is 1. The summed E-state index contributed by atoms with van der Waals surface area (Å²) in [6.07, 6.45) is 3.80. The number of aliphatic hydroxyl groups is 1. The molecule has 3 heterocycles. The first kappa shape index (κ1) is 20.8. The van der Waals surface area contributed by atoms with Crippen molar-refractivity contribution in [2.24, 2.45) is 0 Å². The van der Waals surface area contributed by atoms with Crippen molar-refractivity contribution in [3.8, 4) is 11.5 Å². The normalized spacial score (nSPS) is 19.0. The van der Waals surface area contributed by atoms with E-state index in [9.17, 15) is 14.7 Å². The molecule has 3 aromatic rings. The zero-order chi connectivity index (χ0) is 22.8. The van der Waals surface area contributed by atoms with E-state index in [0.717, 1.165) is 5.56 Å². The van der Waals surface area contributed by atoms with Crippen molar-refractivity contribution in [1.82, 2.24) is 9.88 Å². The van der Waals surface area contributed by atoms with E-state index in [4.69, 9.17) is 9.47 Å². The zero-order valence-electron chi connectivity index (χ0n) is 17.8. The molecule has 0 aliphatic carbocycles. The first-order valence-electron chi connectivity index (χ1n) is 10.8. The van der Waals surface area contributed by atoms with Crippen LogP contribution in [0.25, 0.3) is 5.76 Å². The van der Waals surface area contributed by atoms with Gasteiger partial charge in [0.15, 0.2) is 11.5 Å². The minimum atomic E-state index is -0.718. The fraction of sp³-hybridized carbons (Fsp3) is 0.192. The Morgan fingerprint density at radius 3 is 2.45 bits per heavy atom. The molecule has 0 bridgehead atoms. The van der Waals surface area contributed by atoms with Gasteiger partial charge in [-0.25, -0.2) is 0 Å². The smallest absolute Gasteiger partial charge is 0.295 e. The largest absolute Gasteiger partial charge is 0.507 e. The number of Topliss-reactive ketones (excluding diaryl/α,β-unsaturated/α-hetero) is 1. The lowest BCUT2D eigenvalue weighted by Crippen LogP contribution is -2.31. The summed E-state index contributed by atoms with van der Waals surface area (Å²) in [5.74, 6) is -0.519. The van der Waals surface area contributed by atoms with Gasteiger partial charge in [-0.2, -0.15) is 0 Å². The van der Waals surface area contributed by atoms with Gasteiger partial charge in [0.05, 0.1) is 11.6 Å². The number of fused-ring (bicyclic) bond motifs is 1. The average molecular weight is 442 g/mol. The van der Waals surface area contributed by atoms with Gasteiger partial charge >= 0.3 is 0 Å². The highest BCUT2D eigenvalue weighted by Gasteiger charge is 2.45. The molecule has 7 heteroatoms. The third kappa shape index (κ3) is 3.93. The number of carbonyl (C=O) groups excluding carboxylic acids is 2. The van der Waals surface area contributed by atoms with Crippen LogP contribution < -0.4 is 9.47 Å². The molecule has 1 fully saturated rings. The second-order valence-corrected chi connectivity index (χ2v) is 7.87. The fourth-order valence-electron chi connectivity index (χ4n) is 4.24. The predicted molar refractivity (Wildman–Crippen MR) is 121 cm³/mol. The lowest BCUT2D eigenvalue weighted by Gasteiger charge is -2.25. The molecular weight excluding hydrogens is 420 g/mol. The molecular formula is C26H22N2O5. The highest BCUT2D eigenvalue weighted by molar-refractivity contribution is 6.46. The van der Waals surface area contributed by atoms with E-state index in [1.54, 1.807) is 42.7 Å². The summed E-state index contributed by atoms with van der Waals surface area (Å²) in [7, 11) is 0. The van der Waals surface area contributed by atoms with Crippen molar-refractivity contribution in [2.45, 2.75) is 12.5 Å². The van der Waals surface area contributed by atoms with Gasteiger partial charge in [0.25, 0.3) is 11.7 Å².